The summed E-state index contributed by atoms with van der Waals surface area (Å²) in [4.78, 5) is 0. The first-order valence-electron chi connectivity index (χ1n) is 7.08. The van der Waals surface area contributed by atoms with Crippen LogP contribution in [0.1, 0.15) is 59.8 Å². The summed E-state index contributed by atoms with van der Waals surface area (Å²) in [6, 6.07) is 0. The maximum absolute atomic E-state index is 2.37. The number of hydrogen-bond acceptors (Lipinski definition) is 0. The Morgan fingerprint density at radius 2 is 1.13 bits per heavy atom. The Bertz CT molecular complexity index is 148. The summed E-state index contributed by atoms with van der Waals surface area (Å²) in [5, 5.41) is 0. The normalized spacial score (nSPS) is 27.9. The lowest BCUT2D eigenvalue weighted by Gasteiger charge is -2.16. The third kappa shape index (κ3) is 5.68. The molecule has 15 heavy (non-hydrogen) atoms. The first-order valence-corrected chi connectivity index (χ1v) is 7.08. The Hall–Kier alpha value is 0.130. The minimum Gasteiger partial charge on any atom is -0.0710 e. The summed E-state index contributed by atoms with van der Waals surface area (Å²) < 4.78 is 0. The molecule has 0 bridgehead atoms. The molecule has 86 valence electrons. The fourth-order valence-corrected chi connectivity index (χ4v) is 3.26. The van der Waals surface area contributed by atoms with Gasteiger partial charge in [0.2, 0.25) is 0 Å². The summed E-state index contributed by atoms with van der Waals surface area (Å²) >= 11 is 0. The van der Waals surface area contributed by atoms with Gasteiger partial charge in [0.25, 0.3) is 0 Å². The van der Waals surface area contributed by atoms with Crippen molar-refractivity contribution in [3.05, 3.63) is 0 Å². The predicted octanol–water partition coefficient (Wildman–Crippen LogP) is 4.06. The van der Waals surface area contributed by atoms with Crippen LogP contribution in [0, 0.1) is 0 Å². The molecule has 0 aliphatic heterocycles. The molecular weight excluding hydrogens is 178 g/mol. The molecule has 2 atom stereocenters. The van der Waals surface area contributed by atoms with Crippen molar-refractivity contribution in [2.45, 2.75) is 83.1 Å². The molecule has 0 aromatic carbocycles. The van der Waals surface area contributed by atoms with Gasteiger partial charge < -0.3 is 0 Å². The van der Waals surface area contributed by atoms with E-state index in [4.69, 9.17) is 0 Å². The highest BCUT2D eigenvalue weighted by atomic mass is 14.1. The highest BCUT2D eigenvalue weighted by Gasteiger charge is 2.21. The summed E-state index contributed by atoms with van der Waals surface area (Å²) in [7, 11) is 2.93. The van der Waals surface area contributed by atoms with Crippen molar-refractivity contribution in [3.63, 3.8) is 0 Å². The Morgan fingerprint density at radius 1 is 0.733 bits per heavy atom. The first kappa shape index (κ1) is 13.2. The van der Waals surface area contributed by atoms with E-state index in [1.54, 1.807) is 0 Å². The molecule has 0 aromatic rings. The van der Waals surface area contributed by atoms with Crippen LogP contribution < -0.4 is 0 Å². The summed E-state index contributed by atoms with van der Waals surface area (Å²) in [5.74, 6) is 3.89. The van der Waals surface area contributed by atoms with Crippen LogP contribution in [0.5, 0.6) is 0 Å². The standard InChI is InChI=1S/C13H28B2/c1-10(2)14-12-6-5-7-13(9-8-12)15-11(3)4/h10-15H,5-9H2,1-4H3. The maximum Gasteiger partial charge on any atom is 0.126 e. The SMILES string of the molecule is CC(C)BC1CCCC(BC(C)C)CC1. The Balaban J connectivity index is 2.28. The van der Waals surface area contributed by atoms with E-state index >= 15 is 0 Å². The highest BCUT2D eigenvalue weighted by molar-refractivity contribution is 6.40. The van der Waals surface area contributed by atoms with Crippen LogP contribution in [0.3, 0.4) is 0 Å². The van der Waals surface area contributed by atoms with Crippen molar-refractivity contribution in [1.82, 2.24) is 0 Å². The van der Waals surface area contributed by atoms with E-state index in [-0.39, 0.29) is 0 Å². The maximum atomic E-state index is 2.37. The average Bonchev–Trinajstić information content (AvgIpc) is 2.29. The van der Waals surface area contributed by atoms with Crippen molar-refractivity contribution in [2.75, 3.05) is 0 Å². The van der Waals surface area contributed by atoms with Crippen molar-refractivity contribution in [1.29, 1.82) is 0 Å². The van der Waals surface area contributed by atoms with Crippen LogP contribution >= 0.6 is 0 Å². The molecule has 0 spiro atoms. The molecule has 0 nitrogen and oxygen atoms in total. The van der Waals surface area contributed by atoms with E-state index in [1.165, 1.54) is 46.7 Å². The number of hydrogen-bond donors (Lipinski definition) is 0. The number of rotatable bonds is 4. The van der Waals surface area contributed by atoms with Crippen LogP contribution in [-0.2, 0) is 0 Å². The molecule has 1 rings (SSSR count). The van der Waals surface area contributed by atoms with Gasteiger partial charge in [0.1, 0.15) is 14.6 Å². The van der Waals surface area contributed by atoms with Crippen LogP contribution in [0.15, 0.2) is 0 Å². The zero-order valence-corrected chi connectivity index (χ0v) is 11.3. The molecule has 1 saturated carbocycles. The van der Waals surface area contributed by atoms with Gasteiger partial charge in [-0.2, -0.15) is 0 Å². The molecule has 0 saturated heterocycles. The molecule has 0 N–H and O–H groups in total. The zero-order chi connectivity index (χ0) is 11.3. The Labute approximate surface area is 98.1 Å². The molecule has 0 heterocycles. The van der Waals surface area contributed by atoms with Crippen LogP contribution in [0.2, 0.25) is 23.3 Å². The molecule has 0 amide bonds. The Kier molecular flexibility index (Phi) is 5.86. The first-order chi connectivity index (χ1) is 7.08. The van der Waals surface area contributed by atoms with E-state index in [0.717, 1.165) is 23.3 Å². The van der Waals surface area contributed by atoms with Gasteiger partial charge in [-0.15, -0.1) is 0 Å². The Morgan fingerprint density at radius 3 is 1.47 bits per heavy atom. The predicted molar refractivity (Wildman–Crippen MR) is 75.1 cm³/mol. The van der Waals surface area contributed by atoms with Gasteiger partial charge in [-0.05, 0) is 0 Å². The summed E-state index contributed by atoms with van der Waals surface area (Å²) in [6.07, 6.45) is 7.53. The van der Waals surface area contributed by atoms with Gasteiger partial charge in [-0.3, -0.25) is 0 Å². The van der Waals surface area contributed by atoms with Gasteiger partial charge >= 0.3 is 0 Å². The molecule has 1 aliphatic rings. The van der Waals surface area contributed by atoms with E-state index in [2.05, 4.69) is 27.7 Å². The van der Waals surface area contributed by atoms with Gasteiger partial charge in [-0.1, -0.05) is 83.1 Å². The van der Waals surface area contributed by atoms with Gasteiger partial charge in [0, 0.05) is 0 Å². The lowest BCUT2D eigenvalue weighted by Crippen LogP contribution is -2.08. The quantitative estimate of drug-likeness (QED) is 0.480. The molecule has 2 heteroatoms. The second kappa shape index (κ2) is 6.66. The largest absolute Gasteiger partial charge is 0.126 e. The highest BCUT2D eigenvalue weighted by Crippen LogP contribution is 2.35. The molecule has 1 aliphatic carbocycles. The molecule has 2 unspecified atom stereocenters. The van der Waals surface area contributed by atoms with Gasteiger partial charge in [0.15, 0.2) is 0 Å². The van der Waals surface area contributed by atoms with Crippen molar-refractivity contribution in [3.8, 4) is 0 Å². The molecule has 1 fully saturated rings. The van der Waals surface area contributed by atoms with Crippen molar-refractivity contribution >= 4 is 14.6 Å². The smallest absolute Gasteiger partial charge is 0.0710 e. The third-order valence-corrected chi connectivity index (χ3v) is 3.82. The van der Waals surface area contributed by atoms with E-state index in [1.807, 2.05) is 0 Å². The fraction of sp³-hybridized carbons (Fsp3) is 1.00. The summed E-state index contributed by atoms with van der Waals surface area (Å²) in [6.45, 7) is 9.49. The molecule has 0 radical (unpaired) electrons. The average molecular weight is 206 g/mol. The van der Waals surface area contributed by atoms with Gasteiger partial charge in [-0.25, -0.2) is 0 Å². The zero-order valence-electron chi connectivity index (χ0n) is 11.3. The van der Waals surface area contributed by atoms with Gasteiger partial charge in [0.05, 0.1) is 0 Å². The van der Waals surface area contributed by atoms with Crippen LogP contribution in [-0.4, -0.2) is 14.6 Å². The van der Waals surface area contributed by atoms with Crippen LogP contribution in [0.4, 0.5) is 0 Å². The summed E-state index contributed by atoms with van der Waals surface area (Å²) in [5.41, 5.74) is 0. The monoisotopic (exact) mass is 206 g/mol. The lowest BCUT2D eigenvalue weighted by molar-refractivity contribution is 0.680. The van der Waals surface area contributed by atoms with E-state index in [0.29, 0.717) is 0 Å². The fourth-order valence-electron chi connectivity index (χ4n) is 3.26. The van der Waals surface area contributed by atoms with Crippen molar-refractivity contribution < 1.29 is 0 Å². The minimum absolute atomic E-state index is 0.900. The van der Waals surface area contributed by atoms with Crippen molar-refractivity contribution in [2.24, 2.45) is 0 Å². The second-order valence-corrected chi connectivity index (χ2v) is 6.50. The topological polar surface area (TPSA) is 0 Å². The molecule has 0 aromatic heterocycles. The van der Waals surface area contributed by atoms with Crippen LogP contribution in [0.25, 0.3) is 0 Å². The molecular formula is C13H28B2. The van der Waals surface area contributed by atoms with E-state index in [9.17, 15) is 0 Å². The second-order valence-electron chi connectivity index (χ2n) is 6.50. The van der Waals surface area contributed by atoms with E-state index < -0.39 is 0 Å². The minimum atomic E-state index is 0.900. The lowest BCUT2D eigenvalue weighted by atomic mass is 9.52. The third-order valence-electron chi connectivity index (χ3n) is 3.82.